The Balaban J connectivity index is 3.67. The molecule has 60 heavy (non-hydrogen) atoms. The number of nitrogens with one attached hydrogen (secondary N) is 1. The fourth-order valence-corrected chi connectivity index (χ4v) is 8.03. The summed E-state index contributed by atoms with van der Waals surface area (Å²) in [5.74, 6) is -0.332. The lowest BCUT2D eigenvalue weighted by Gasteiger charge is -2.20. The van der Waals surface area contributed by atoms with Crippen molar-refractivity contribution in [2.75, 3.05) is 6.61 Å². The highest BCUT2D eigenvalue weighted by molar-refractivity contribution is 5.76. The zero-order chi connectivity index (χ0) is 43.7. The fraction of sp³-hybridized carbons (Fsp3) is 0.836. The molecule has 0 aromatic heterocycles. The Bertz CT molecular complexity index is 974. The minimum atomic E-state index is -0.958. The molecule has 0 saturated carbocycles. The van der Waals surface area contributed by atoms with Crippen molar-refractivity contribution in [3.8, 4) is 0 Å². The Morgan fingerprint density at radius 3 is 1.17 bits per heavy atom. The molecule has 352 valence electrons. The van der Waals surface area contributed by atoms with E-state index in [0.717, 1.165) is 51.4 Å². The van der Waals surface area contributed by atoms with Gasteiger partial charge in [-0.2, -0.15) is 0 Å². The largest absolute Gasteiger partial charge is 0.394 e. The van der Waals surface area contributed by atoms with Crippen molar-refractivity contribution in [1.82, 2.24) is 5.32 Å². The second-order valence-electron chi connectivity index (χ2n) is 18.1. The van der Waals surface area contributed by atoms with Crippen molar-refractivity contribution in [2.24, 2.45) is 0 Å². The van der Waals surface area contributed by atoms with Crippen LogP contribution in [0.5, 0.6) is 0 Å². The molecule has 0 aromatic rings. The monoisotopic (exact) mass is 842 g/mol. The van der Waals surface area contributed by atoms with E-state index in [2.05, 4.69) is 55.6 Å². The van der Waals surface area contributed by atoms with E-state index >= 15 is 0 Å². The predicted molar refractivity (Wildman–Crippen MR) is 264 cm³/mol. The van der Waals surface area contributed by atoms with Gasteiger partial charge in [0.25, 0.3) is 0 Å². The highest BCUT2D eigenvalue weighted by Gasteiger charge is 2.20. The number of carbonyl (C=O) groups is 1. The molecule has 0 aromatic carbocycles. The zero-order valence-electron chi connectivity index (χ0n) is 40.1. The maximum absolute atomic E-state index is 12.5. The summed E-state index contributed by atoms with van der Waals surface area (Å²) in [6, 6.07) is -0.768. The van der Waals surface area contributed by atoms with Gasteiger partial charge in [-0.1, -0.05) is 249 Å². The topological polar surface area (TPSA) is 89.8 Å². The first-order chi connectivity index (χ1) is 29.5. The van der Waals surface area contributed by atoms with E-state index in [1.165, 1.54) is 193 Å². The van der Waals surface area contributed by atoms with Gasteiger partial charge in [0.05, 0.1) is 31.3 Å². The summed E-state index contributed by atoms with van der Waals surface area (Å²) in [6.45, 7) is 4.22. The van der Waals surface area contributed by atoms with Gasteiger partial charge in [0, 0.05) is 0 Å². The van der Waals surface area contributed by atoms with Crippen LogP contribution >= 0.6 is 0 Å². The summed E-state index contributed by atoms with van der Waals surface area (Å²) >= 11 is 0. The van der Waals surface area contributed by atoms with Crippen LogP contribution in [0.25, 0.3) is 0 Å². The van der Waals surface area contributed by atoms with E-state index in [-0.39, 0.29) is 18.9 Å². The van der Waals surface area contributed by atoms with Gasteiger partial charge in [-0.25, -0.2) is 0 Å². The molecule has 4 N–H and O–H groups in total. The second-order valence-corrected chi connectivity index (χ2v) is 18.1. The number of unbranched alkanes of at least 4 members (excludes halogenated alkanes) is 33. The van der Waals surface area contributed by atoms with Crippen molar-refractivity contribution in [1.29, 1.82) is 0 Å². The van der Waals surface area contributed by atoms with Gasteiger partial charge in [-0.3, -0.25) is 4.79 Å². The Morgan fingerprint density at radius 2 is 0.767 bits per heavy atom. The minimum absolute atomic E-state index is 0.00433. The molecule has 0 aliphatic heterocycles. The lowest BCUT2D eigenvalue weighted by atomic mass is 10.0. The fourth-order valence-electron chi connectivity index (χ4n) is 8.03. The van der Waals surface area contributed by atoms with Crippen LogP contribution in [-0.4, -0.2) is 46.1 Å². The summed E-state index contributed by atoms with van der Waals surface area (Å²) in [5, 5.41) is 33.4. The number of hydrogen-bond acceptors (Lipinski definition) is 4. The molecule has 0 radical (unpaired) electrons. The first kappa shape index (κ1) is 58.3. The lowest BCUT2D eigenvalue weighted by Crippen LogP contribution is -2.45. The van der Waals surface area contributed by atoms with Gasteiger partial charge in [0.15, 0.2) is 0 Å². The molecule has 0 rings (SSSR count). The third-order valence-electron chi connectivity index (χ3n) is 12.1. The molecule has 3 atom stereocenters. The highest BCUT2D eigenvalue weighted by atomic mass is 16.3. The van der Waals surface area contributed by atoms with Gasteiger partial charge in [-0.15, -0.1) is 0 Å². The maximum Gasteiger partial charge on any atom is 0.222 e. The van der Waals surface area contributed by atoms with Crippen LogP contribution in [0.1, 0.15) is 271 Å². The number of hydrogen-bond donors (Lipinski definition) is 4. The molecule has 1 amide bonds. The average molecular weight is 842 g/mol. The van der Waals surface area contributed by atoms with Crippen LogP contribution in [0.3, 0.4) is 0 Å². The summed E-state index contributed by atoms with van der Waals surface area (Å²) in [4.78, 5) is 12.5. The third kappa shape index (κ3) is 45.8. The molecule has 5 heteroatoms. The van der Waals surface area contributed by atoms with Gasteiger partial charge in [0.1, 0.15) is 0 Å². The van der Waals surface area contributed by atoms with Crippen LogP contribution in [0, 0.1) is 0 Å². The van der Waals surface area contributed by atoms with Crippen LogP contribution in [0.2, 0.25) is 0 Å². The number of allylic oxidation sites excluding steroid dienone is 7. The third-order valence-corrected chi connectivity index (χ3v) is 12.1. The van der Waals surface area contributed by atoms with Crippen LogP contribution < -0.4 is 5.32 Å². The van der Waals surface area contributed by atoms with Crippen molar-refractivity contribution < 1.29 is 20.1 Å². The average Bonchev–Trinajstić information content (AvgIpc) is 3.24. The van der Waals surface area contributed by atoms with Crippen molar-refractivity contribution in [2.45, 2.75) is 289 Å². The molecule has 0 spiro atoms. The van der Waals surface area contributed by atoms with Crippen LogP contribution in [-0.2, 0) is 4.79 Å². The number of aliphatic hydroxyl groups excluding tert-OH is 3. The summed E-state index contributed by atoms with van der Waals surface area (Å²) < 4.78 is 0. The van der Waals surface area contributed by atoms with Crippen LogP contribution in [0.4, 0.5) is 0 Å². The molecule has 0 aliphatic carbocycles. The van der Waals surface area contributed by atoms with E-state index in [4.69, 9.17) is 0 Å². The number of rotatable bonds is 48. The Kier molecular flexibility index (Phi) is 48.6. The lowest BCUT2D eigenvalue weighted by molar-refractivity contribution is -0.124. The van der Waals surface area contributed by atoms with Gasteiger partial charge >= 0.3 is 0 Å². The first-order valence-electron chi connectivity index (χ1n) is 26.4. The molecular weight excluding hydrogens is 739 g/mol. The Labute approximate surface area is 374 Å². The van der Waals surface area contributed by atoms with Gasteiger partial charge < -0.3 is 20.6 Å². The minimum Gasteiger partial charge on any atom is -0.394 e. The number of aliphatic hydroxyl groups is 3. The second kappa shape index (κ2) is 50.0. The molecule has 0 aliphatic rings. The standard InChI is InChI=1S/C55H103NO4/c1-3-5-7-9-11-13-15-17-19-21-23-25-26-27-29-31-33-35-37-39-41-43-45-47-49-54(59)53(51-57)56-55(60)50-52(58)48-46-44-42-40-38-36-34-32-30-28-24-22-20-18-16-14-12-10-8-6-4-2/h24,28,32,34,39,41,47,49,52-54,57-59H,3-23,25-27,29-31,33,35-38,40,42-46,48,50-51H2,1-2H3,(H,56,60)/b28-24-,34-32-,41-39+,49-47+. The molecule has 0 heterocycles. The number of amides is 1. The van der Waals surface area contributed by atoms with E-state index < -0.39 is 18.2 Å². The van der Waals surface area contributed by atoms with Crippen molar-refractivity contribution in [3.63, 3.8) is 0 Å². The highest BCUT2D eigenvalue weighted by Crippen LogP contribution is 2.16. The predicted octanol–water partition coefficient (Wildman–Crippen LogP) is 16.1. The van der Waals surface area contributed by atoms with Crippen LogP contribution in [0.15, 0.2) is 48.6 Å². The maximum atomic E-state index is 12.5. The molecule has 0 fully saturated rings. The van der Waals surface area contributed by atoms with E-state index in [1.807, 2.05) is 6.08 Å². The zero-order valence-corrected chi connectivity index (χ0v) is 40.1. The first-order valence-corrected chi connectivity index (χ1v) is 26.4. The van der Waals surface area contributed by atoms with Crippen molar-refractivity contribution >= 4 is 5.91 Å². The van der Waals surface area contributed by atoms with E-state index in [1.54, 1.807) is 6.08 Å². The SMILES string of the molecule is CCCCCCCCCCC/C=C\C/C=C\CCCCCCCC(O)CC(=O)NC(CO)C(O)/C=C/CC/C=C/CCCCCCCCCCCCCCCCCCCC. The summed E-state index contributed by atoms with van der Waals surface area (Å²) in [5.41, 5.74) is 0. The summed E-state index contributed by atoms with van der Waals surface area (Å²) in [6.07, 6.45) is 65.7. The Hall–Kier alpha value is -1.69. The number of carbonyl (C=O) groups excluding carboxylic acids is 1. The van der Waals surface area contributed by atoms with Crippen molar-refractivity contribution in [3.05, 3.63) is 48.6 Å². The molecule has 5 nitrogen and oxygen atoms in total. The quantitative estimate of drug-likeness (QED) is 0.0363. The Morgan fingerprint density at radius 1 is 0.433 bits per heavy atom. The molecule has 0 saturated heterocycles. The molecule has 0 bridgehead atoms. The summed E-state index contributed by atoms with van der Waals surface area (Å²) in [7, 11) is 0. The van der Waals surface area contributed by atoms with Gasteiger partial charge in [0.2, 0.25) is 5.91 Å². The smallest absolute Gasteiger partial charge is 0.222 e. The molecular formula is C55H103NO4. The molecule has 3 unspecified atom stereocenters. The van der Waals surface area contributed by atoms with E-state index in [9.17, 15) is 20.1 Å². The normalized spacial score (nSPS) is 13.8. The van der Waals surface area contributed by atoms with E-state index in [0.29, 0.717) is 6.42 Å². The van der Waals surface area contributed by atoms with Gasteiger partial charge in [-0.05, 0) is 64.2 Å².